The molecule has 5 heteroatoms. The first kappa shape index (κ1) is 10.8. The summed E-state index contributed by atoms with van der Waals surface area (Å²) in [6.45, 7) is 1.67. The maximum Gasteiger partial charge on any atom is 0.0948 e. The van der Waals surface area contributed by atoms with Crippen LogP contribution in [0.15, 0.2) is 12.5 Å². The van der Waals surface area contributed by atoms with Crippen LogP contribution in [0.3, 0.4) is 0 Å². The van der Waals surface area contributed by atoms with E-state index in [1.807, 2.05) is 12.5 Å². The molecule has 84 valence electrons. The van der Waals surface area contributed by atoms with Gasteiger partial charge in [-0.2, -0.15) is 0 Å². The predicted molar refractivity (Wildman–Crippen MR) is 61.0 cm³/mol. The molecule has 0 amide bonds. The Morgan fingerprint density at radius 2 is 2.47 bits per heavy atom. The number of nitrogens with one attached hydrogen (secondary N) is 1. The van der Waals surface area contributed by atoms with E-state index in [4.69, 9.17) is 0 Å². The molecule has 1 heterocycles. The molecule has 1 aliphatic carbocycles. The highest BCUT2D eigenvalue weighted by Crippen LogP contribution is 2.19. The summed E-state index contributed by atoms with van der Waals surface area (Å²) in [4.78, 5) is 4.12. The van der Waals surface area contributed by atoms with Gasteiger partial charge in [0.2, 0.25) is 0 Å². The van der Waals surface area contributed by atoms with Crippen molar-refractivity contribution in [3.05, 3.63) is 18.2 Å². The van der Waals surface area contributed by atoms with Crippen molar-refractivity contribution in [3.63, 3.8) is 0 Å². The van der Waals surface area contributed by atoms with Gasteiger partial charge < -0.3 is 9.88 Å². The molecular formula is C10H17N3OS. The van der Waals surface area contributed by atoms with Gasteiger partial charge in [-0.3, -0.25) is 4.21 Å². The van der Waals surface area contributed by atoms with E-state index in [0.29, 0.717) is 11.8 Å². The van der Waals surface area contributed by atoms with Gasteiger partial charge in [-0.05, 0) is 12.8 Å². The molecule has 0 aromatic carbocycles. The fourth-order valence-corrected chi connectivity index (χ4v) is 1.91. The summed E-state index contributed by atoms with van der Waals surface area (Å²) in [5.41, 5.74) is 1.19. The summed E-state index contributed by atoms with van der Waals surface area (Å²) in [6, 6.07) is 0.716. The lowest BCUT2D eigenvalue weighted by molar-refractivity contribution is 0.623. The van der Waals surface area contributed by atoms with Crippen LogP contribution in [0, 0.1) is 0 Å². The number of rotatable bonds is 6. The Bertz CT molecular complexity index is 346. The molecule has 1 aromatic rings. The quantitative estimate of drug-likeness (QED) is 0.770. The topological polar surface area (TPSA) is 46.9 Å². The molecular weight excluding hydrogens is 210 g/mol. The maximum absolute atomic E-state index is 11.0. The van der Waals surface area contributed by atoms with Gasteiger partial charge in [0.1, 0.15) is 0 Å². The summed E-state index contributed by atoms with van der Waals surface area (Å²) in [7, 11) is -0.728. The van der Waals surface area contributed by atoms with Crippen molar-refractivity contribution in [1.82, 2.24) is 14.9 Å². The molecule has 0 radical (unpaired) electrons. The van der Waals surface area contributed by atoms with Crippen LogP contribution in [0.1, 0.15) is 18.5 Å². The highest BCUT2D eigenvalue weighted by atomic mass is 32.2. The highest BCUT2D eigenvalue weighted by molar-refractivity contribution is 7.84. The van der Waals surface area contributed by atoms with Gasteiger partial charge in [-0.1, -0.05) is 0 Å². The Morgan fingerprint density at radius 3 is 3.13 bits per heavy atom. The van der Waals surface area contributed by atoms with Gasteiger partial charge in [0.05, 0.1) is 12.0 Å². The average molecular weight is 227 g/mol. The van der Waals surface area contributed by atoms with Crippen LogP contribution in [0.2, 0.25) is 0 Å². The number of aromatic nitrogens is 2. The van der Waals surface area contributed by atoms with Gasteiger partial charge in [0.15, 0.2) is 0 Å². The van der Waals surface area contributed by atoms with Crippen LogP contribution in [0.4, 0.5) is 0 Å². The molecule has 1 saturated carbocycles. The molecule has 1 fully saturated rings. The van der Waals surface area contributed by atoms with Gasteiger partial charge >= 0.3 is 0 Å². The summed E-state index contributed by atoms with van der Waals surface area (Å²) >= 11 is 0. The molecule has 1 N–H and O–H groups in total. The van der Waals surface area contributed by atoms with Gasteiger partial charge in [0.25, 0.3) is 0 Å². The molecule has 2 rings (SSSR count). The fraction of sp³-hybridized carbons (Fsp3) is 0.700. The van der Waals surface area contributed by atoms with Crippen molar-refractivity contribution in [3.8, 4) is 0 Å². The van der Waals surface area contributed by atoms with E-state index in [1.165, 1.54) is 18.5 Å². The van der Waals surface area contributed by atoms with Crippen LogP contribution in [-0.4, -0.2) is 31.8 Å². The first-order valence-corrected chi connectivity index (χ1v) is 7.01. The van der Waals surface area contributed by atoms with Crippen molar-refractivity contribution in [2.24, 2.45) is 0 Å². The third kappa shape index (κ3) is 3.43. The van der Waals surface area contributed by atoms with Crippen LogP contribution in [0.25, 0.3) is 0 Å². The van der Waals surface area contributed by atoms with Crippen LogP contribution in [-0.2, 0) is 23.9 Å². The monoisotopic (exact) mass is 227 g/mol. The highest BCUT2D eigenvalue weighted by Gasteiger charge is 2.20. The van der Waals surface area contributed by atoms with E-state index in [2.05, 4.69) is 14.9 Å². The predicted octanol–water partition coefficient (Wildman–Crippen LogP) is 0.514. The first-order valence-electron chi connectivity index (χ1n) is 5.28. The van der Waals surface area contributed by atoms with Crippen molar-refractivity contribution in [2.75, 3.05) is 12.0 Å². The Balaban J connectivity index is 1.85. The van der Waals surface area contributed by atoms with E-state index in [1.54, 1.807) is 6.26 Å². The molecule has 1 aromatic heterocycles. The molecule has 4 nitrogen and oxygen atoms in total. The molecule has 0 bridgehead atoms. The van der Waals surface area contributed by atoms with E-state index < -0.39 is 10.8 Å². The average Bonchev–Trinajstić information content (AvgIpc) is 2.92. The largest absolute Gasteiger partial charge is 0.332 e. The molecule has 0 spiro atoms. The molecule has 1 unspecified atom stereocenters. The minimum absolute atomic E-state index is 0.701. The normalized spacial score (nSPS) is 17.9. The lowest BCUT2D eigenvalue weighted by atomic mass is 10.4. The van der Waals surface area contributed by atoms with Crippen LogP contribution in [0.5, 0.6) is 0 Å². The van der Waals surface area contributed by atoms with Gasteiger partial charge in [-0.25, -0.2) is 4.98 Å². The minimum Gasteiger partial charge on any atom is -0.332 e. The minimum atomic E-state index is -0.728. The number of hydrogen-bond donors (Lipinski definition) is 1. The smallest absolute Gasteiger partial charge is 0.0948 e. The summed E-state index contributed by atoms with van der Waals surface area (Å²) in [6.07, 6.45) is 8.03. The third-order valence-electron chi connectivity index (χ3n) is 2.57. The Hall–Kier alpha value is -0.680. The summed E-state index contributed by atoms with van der Waals surface area (Å²) < 4.78 is 13.1. The van der Waals surface area contributed by atoms with E-state index in [-0.39, 0.29) is 0 Å². The fourth-order valence-electron chi connectivity index (χ4n) is 1.46. The second kappa shape index (κ2) is 4.90. The Labute approximate surface area is 92.5 Å². The standard InChI is InChI=1S/C10H17N3OS/c1-15(14)5-4-13-8-11-6-10(13)7-12-9-2-3-9/h6,8-9,12H,2-5,7H2,1H3. The molecule has 1 atom stereocenters. The number of nitrogens with zero attached hydrogens (tertiary/aromatic N) is 2. The van der Waals surface area contributed by atoms with E-state index >= 15 is 0 Å². The summed E-state index contributed by atoms with van der Waals surface area (Å²) in [5, 5.41) is 3.45. The second-order valence-corrected chi connectivity index (χ2v) is 5.57. The first-order chi connectivity index (χ1) is 7.25. The molecule has 0 saturated heterocycles. The molecule has 1 aliphatic rings. The lowest BCUT2D eigenvalue weighted by Crippen LogP contribution is -2.19. The van der Waals surface area contributed by atoms with Gasteiger partial charge in [-0.15, -0.1) is 0 Å². The van der Waals surface area contributed by atoms with Crippen molar-refractivity contribution in [2.45, 2.75) is 32.0 Å². The van der Waals surface area contributed by atoms with Crippen molar-refractivity contribution < 1.29 is 4.21 Å². The van der Waals surface area contributed by atoms with Gasteiger partial charge in [0, 0.05) is 48.1 Å². The Morgan fingerprint density at radius 1 is 1.67 bits per heavy atom. The second-order valence-electron chi connectivity index (χ2n) is 4.01. The SMILES string of the molecule is CS(=O)CCn1cncc1CNC1CC1. The molecule has 15 heavy (non-hydrogen) atoms. The van der Waals surface area contributed by atoms with Crippen LogP contribution < -0.4 is 5.32 Å². The zero-order valence-electron chi connectivity index (χ0n) is 8.98. The van der Waals surface area contributed by atoms with Crippen molar-refractivity contribution >= 4 is 10.8 Å². The lowest BCUT2D eigenvalue weighted by Gasteiger charge is -2.07. The zero-order chi connectivity index (χ0) is 10.7. The third-order valence-corrected chi connectivity index (χ3v) is 3.32. The van der Waals surface area contributed by atoms with Crippen molar-refractivity contribution in [1.29, 1.82) is 0 Å². The summed E-state index contributed by atoms with van der Waals surface area (Å²) in [5.74, 6) is 0.701. The zero-order valence-corrected chi connectivity index (χ0v) is 9.80. The molecule has 0 aliphatic heterocycles. The Kier molecular flexibility index (Phi) is 3.53. The maximum atomic E-state index is 11.0. The number of hydrogen-bond acceptors (Lipinski definition) is 3. The van der Waals surface area contributed by atoms with Crippen LogP contribution >= 0.6 is 0 Å². The van der Waals surface area contributed by atoms with E-state index in [0.717, 1.165) is 13.1 Å². The number of imidazole rings is 1. The van der Waals surface area contributed by atoms with E-state index in [9.17, 15) is 4.21 Å². The number of aryl methyl sites for hydroxylation is 1.